The Morgan fingerprint density at radius 3 is 2.70 bits per heavy atom. The summed E-state index contributed by atoms with van der Waals surface area (Å²) in [6, 6.07) is 4.79. The number of unbranched alkanes of at least 4 members (excludes halogenated alkanes) is 1. The first-order valence-corrected chi connectivity index (χ1v) is 9.77. The molecule has 8 heteroatoms. The number of halogens is 2. The maximum Gasteiger partial charge on any atom is 0.305 e. The number of hydrogen-bond donors (Lipinski definition) is 1. The largest absolute Gasteiger partial charge is 0.469 e. The first-order valence-electron chi connectivity index (χ1n) is 9.01. The zero-order valence-corrected chi connectivity index (χ0v) is 16.8. The van der Waals surface area contributed by atoms with Crippen LogP contribution in [0.2, 0.25) is 10.0 Å². The van der Waals surface area contributed by atoms with Crippen molar-refractivity contribution in [3.63, 3.8) is 0 Å². The first kappa shape index (κ1) is 21.5. The van der Waals surface area contributed by atoms with Crippen molar-refractivity contribution in [2.45, 2.75) is 32.1 Å². The van der Waals surface area contributed by atoms with Crippen LogP contribution in [-0.2, 0) is 14.3 Å². The molecule has 0 saturated carbocycles. The van der Waals surface area contributed by atoms with Gasteiger partial charge in [-0.3, -0.25) is 14.4 Å². The molecule has 1 aliphatic rings. The molecule has 0 bridgehead atoms. The van der Waals surface area contributed by atoms with E-state index >= 15 is 0 Å². The number of nitrogens with zero attached hydrogens (tertiary/aromatic N) is 1. The second-order valence-corrected chi connectivity index (χ2v) is 7.36. The molecule has 0 aromatic heterocycles. The molecule has 1 saturated heterocycles. The molecule has 1 aliphatic heterocycles. The lowest BCUT2D eigenvalue weighted by molar-refractivity contribution is -0.140. The second kappa shape index (κ2) is 10.5. The summed E-state index contributed by atoms with van der Waals surface area (Å²) in [5.74, 6) is -0.681. The van der Waals surface area contributed by atoms with Gasteiger partial charge in [-0.25, -0.2) is 0 Å². The summed E-state index contributed by atoms with van der Waals surface area (Å²) in [6.45, 7) is 1.50. The molecule has 0 spiro atoms. The third-order valence-electron chi connectivity index (χ3n) is 4.58. The number of ether oxygens (including phenoxy) is 1. The molecule has 1 atom stereocenters. The fourth-order valence-corrected chi connectivity index (χ4v) is 3.34. The lowest BCUT2D eigenvalue weighted by Gasteiger charge is -2.32. The number of rotatable bonds is 7. The van der Waals surface area contributed by atoms with Crippen LogP contribution in [0.5, 0.6) is 0 Å². The number of piperidine rings is 1. The van der Waals surface area contributed by atoms with Crippen LogP contribution in [0.15, 0.2) is 18.2 Å². The molecule has 27 heavy (non-hydrogen) atoms. The van der Waals surface area contributed by atoms with E-state index in [1.54, 1.807) is 23.1 Å². The highest BCUT2D eigenvalue weighted by molar-refractivity contribution is 6.42. The van der Waals surface area contributed by atoms with Crippen LogP contribution in [-0.4, -0.2) is 49.4 Å². The Morgan fingerprint density at radius 1 is 1.22 bits per heavy atom. The molecule has 1 N–H and O–H groups in total. The van der Waals surface area contributed by atoms with Gasteiger partial charge in [0.25, 0.3) is 5.91 Å². The van der Waals surface area contributed by atoms with Gasteiger partial charge >= 0.3 is 5.97 Å². The summed E-state index contributed by atoms with van der Waals surface area (Å²) in [7, 11) is 1.36. The smallest absolute Gasteiger partial charge is 0.305 e. The van der Waals surface area contributed by atoms with Gasteiger partial charge in [-0.2, -0.15) is 0 Å². The summed E-state index contributed by atoms with van der Waals surface area (Å²) in [5, 5.41) is 3.63. The number of carbonyl (C=O) groups excluding carboxylic acids is 3. The quantitative estimate of drug-likeness (QED) is 0.548. The predicted molar refractivity (Wildman–Crippen MR) is 104 cm³/mol. The number of nitrogens with one attached hydrogen (secondary N) is 1. The van der Waals surface area contributed by atoms with Crippen LogP contribution in [0.1, 0.15) is 42.5 Å². The highest BCUT2D eigenvalue weighted by Crippen LogP contribution is 2.25. The number of esters is 1. The van der Waals surface area contributed by atoms with E-state index in [0.29, 0.717) is 54.5 Å². The average molecular weight is 415 g/mol. The maximum atomic E-state index is 12.7. The van der Waals surface area contributed by atoms with Gasteiger partial charge in [0.15, 0.2) is 0 Å². The second-order valence-electron chi connectivity index (χ2n) is 6.54. The zero-order valence-electron chi connectivity index (χ0n) is 15.3. The van der Waals surface area contributed by atoms with Gasteiger partial charge in [0.2, 0.25) is 5.91 Å². The topological polar surface area (TPSA) is 75.7 Å². The summed E-state index contributed by atoms with van der Waals surface area (Å²) in [5.41, 5.74) is 0.466. The van der Waals surface area contributed by atoms with Gasteiger partial charge in [-0.15, -0.1) is 0 Å². The van der Waals surface area contributed by atoms with E-state index in [0.717, 1.165) is 12.8 Å². The van der Waals surface area contributed by atoms with Crippen molar-refractivity contribution in [2.75, 3.05) is 26.7 Å². The van der Waals surface area contributed by atoms with Gasteiger partial charge in [-0.05, 0) is 43.9 Å². The number of hydrogen-bond acceptors (Lipinski definition) is 4. The predicted octanol–water partition coefficient (Wildman–Crippen LogP) is 3.31. The third-order valence-corrected chi connectivity index (χ3v) is 5.32. The highest BCUT2D eigenvalue weighted by Gasteiger charge is 2.28. The minimum Gasteiger partial charge on any atom is -0.469 e. The molecule has 1 heterocycles. The highest BCUT2D eigenvalue weighted by atomic mass is 35.5. The van der Waals surface area contributed by atoms with E-state index in [2.05, 4.69) is 10.1 Å². The Bertz CT molecular complexity index is 696. The van der Waals surface area contributed by atoms with Crippen molar-refractivity contribution in [2.24, 2.45) is 5.92 Å². The minimum atomic E-state index is -0.245. The van der Waals surface area contributed by atoms with Crippen LogP contribution >= 0.6 is 23.2 Å². The number of benzene rings is 1. The SMILES string of the molecule is COC(=O)CCCCNC(=O)C1CCCN(C(=O)c2ccc(Cl)c(Cl)c2)C1. The lowest BCUT2D eigenvalue weighted by atomic mass is 9.96. The summed E-state index contributed by atoms with van der Waals surface area (Å²) in [6.07, 6.45) is 3.24. The minimum absolute atomic E-state index is 0.0558. The molecule has 148 valence electrons. The molecule has 1 aromatic rings. The van der Waals surface area contributed by atoms with E-state index < -0.39 is 0 Å². The Balaban J connectivity index is 1.82. The van der Waals surface area contributed by atoms with E-state index in [1.807, 2.05) is 0 Å². The summed E-state index contributed by atoms with van der Waals surface area (Å²) < 4.78 is 4.58. The monoisotopic (exact) mass is 414 g/mol. The van der Waals surface area contributed by atoms with E-state index in [1.165, 1.54) is 7.11 Å². The normalized spacial score (nSPS) is 16.7. The molecule has 1 fully saturated rings. The van der Waals surface area contributed by atoms with Crippen molar-refractivity contribution in [1.29, 1.82) is 0 Å². The van der Waals surface area contributed by atoms with Crippen molar-refractivity contribution in [3.8, 4) is 0 Å². The van der Waals surface area contributed by atoms with Gasteiger partial charge < -0.3 is 15.0 Å². The molecular formula is C19H24Cl2N2O4. The Morgan fingerprint density at radius 2 is 2.00 bits per heavy atom. The van der Waals surface area contributed by atoms with Crippen LogP contribution in [0.3, 0.4) is 0 Å². The van der Waals surface area contributed by atoms with Crippen molar-refractivity contribution >= 4 is 41.0 Å². The zero-order chi connectivity index (χ0) is 19.8. The van der Waals surface area contributed by atoms with E-state index in [-0.39, 0.29) is 23.7 Å². The Hall–Kier alpha value is -1.79. The number of methoxy groups -OCH3 is 1. The fraction of sp³-hybridized carbons (Fsp3) is 0.526. The third kappa shape index (κ3) is 6.40. The van der Waals surface area contributed by atoms with Crippen LogP contribution < -0.4 is 5.32 Å². The average Bonchev–Trinajstić information content (AvgIpc) is 2.68. The molecule has 2 rings (SSSR count). The first-order chi connectivity index (χ1) is 12.9. The van der Waals surface area contributed by atoms with Gasteiger partial charge in [0, 0.05) is 31.6 Å². The van der Waals surface area contributed by atoms with Crippen LogP contribution in [0.25, 0.3) is 0 Å². The molecule has 1 aromatic carbocycles. The maximum absolute atomic E-state index is 12.7. The van der Waals surface area contributed by atoms with Gasteiger partial charge in [0.05, 0.1) is 23.1 Å². The standard InChI is InChI=1S/C19H24Cl2N2O4/c1-27-17(24)6-2-3-9-22-18(25)14-5-4-10-23(12-14)19(26)13-7-8-15(20)16(21)11-13/h7-8,11,14H,2-6,9-10,12H2,1H3,(H,22,25). The van der Waals surface area contributed by atoms with Crippen molar-refractivity contribution in [1.82, 2.24) is 10.2 Å². The van der Waals surface area contributed by atoms with E-state index in [4.69, 9.17) is 23.2 Å². The Labute approximate surface area is 169 Å². The van der Waals surface area contributed by atoms with Gasteiger partial charge in [0.1, 0.15) is 0 Å². The van der Waals surface area contributed by atoms with Crippen LogP contribution in [0.4, 0.5) is 0 Å². The molecule has 2 amide bonds. The lowest BCUT2D eigenvalue weighted by Crippen LogP contribution is -2.45. The molecule has 6 nitrogen and oxygen atoms in total. The fourth-order valence-electron chi connectivity index (χ4n) is 3.04. The van der Waals surface area contributed by atoms with Gasteiger partial charge in [-0.1, -0.05) is 23.2 Å². The van der Waals surface area contributed by atoms with Crippen molar-refractivity contribution in [3.05, 3.63) is 33.8 Å². The van der Waals surface area contributed by atoms with Crippen LogP contribution in [0, 0.1) is 5.92 Å². The Kier molecular flexibility index (Phi) is 8.38. The summed E-state index contributed by atoms with van der Waals surface area (Å²) >= 11 is 11.9. The molecule has 1 unspecified atom stereocenters. The van der Waals surface area contributed by atoms with E-state index in [9.17, 15) is 14.4 Å². The number of amides is 2. The van der Waals surface area contributed by atoms with Crippen molar-refractivity contribution < 1.29 is 19.1 Å². The number of carbonyl (C=O) groups is 3. The molecular weight excluding hydrogens is 391 g/mol. The molecule has 0 radical (unpaired) electrons. The molecule has 0 aliphatic carbocycles. The number of likely N-dealkylation sites (tertiary alicyclic amines) is 1. The summed E-state index contributed by atoms with van der Waals surface area (Å²) in [4.78, 5) is 37.8.